The molecule has 0 saturated carbocycles. The zero-order chi connectivity index (χ0) is 23.9. The summed E-state index contributed by atoms with van der Waals surface area (Å²) in [7, 11) is 0. The van der Waals surface area contributed by atoms with Crippen LogP contribution in [0.3, 0.4) is 0 Å². The average Bonchev–Trinajstić information content (AvgIpc) is 2.87. The van der Waals surface area contributed by atoms with E-state index in [9.17, 15) is 9.59 Å². The van der Waals surface area contributed by atoms with E-state index >= 15 is 0 Å². The van der Waals surface area contributed by atoms with Gasteiger partial charge in [0.15, 0.2) is 0 Å². The number of aryl methyl sites for hydroxylation is 1. The Hall–Kier alpha value is -4.59. The molecule has 4 rings (SSSR count). The van der Waals surface area contributed by atoms with Crippen LogP contribution in [0.4, 0.5) is 23.0 Å². The van der Waals surface area contributed by atoms with Crippen molar-refractivity contribution in [2.24, 2.45) is 0 Å². The molecule has 0 spiro atoms. The van der Waals surface area contributed by atoms with Crippen molar-refractivity contribution in [2.75, 3.05) is 16.0 Å². The molecule has 8 nitrogen and oxygen atoms in total. The summed E-state index contributed by atoms with van der Waals surface area (Å²) in [6, 6.07) is 18.0. The van der Waals surface area contributed by atoms with Crippen LogP contribution >= 0.6 is 0 Å². The second-order valence-electron chi connectivity index (χ2n) is 7.60. The molecule has 0 saturated heterocycles. The lowest BCUT2D eigenvalue weighted by Gasteiger charge is -2.12. The SMILES string of the molecule is CCC(=O)Nc1ccc(C(=O)Nc2ccc(C)c(Nc3nccc(-c4cccnc4)n3)c2)cc1. The molecule has 0 aliphatic rings. The molecule has 0 bridgehead atoms. The van der Waals surface area contributed by atoms with Gasteiger partial charge in [-0.3, -0.25) is 14.6 Å². The molecule has 8 heteroatoms. The highest BCUT2D eigenvalue weighted by atomic mass is 16.2. The number of carbonyl (C=O) groups excluding carboxylic acids is 2. The number of aromatic nitrogens is 3. The van der Waals surface area contributed by atoms with Crippen molar-refractivity contribution < 1.29 is 9.59 Å². The third-order valence-electron chi connectivity index (χ3n) is 5.11. The van der Waals surface area contributed by atoms with Gasteiger partial charge in [0.2, 0.25) is 11.9 Å². The van der Waals surface area contributed by atoms with Gasteiger partial charge in [0.1, 0.15) is 0 Å². The maximum absolute atomic E-state index is 12.7. The van der Waals surface area contributed by atoms with Gasteiger partial charge < -0.3 is 16.0 Å². The number of pyridine rings is 1. The summed E-state index contributed by atoms with van der Waals surface area (Å²) in [5.74, 6) is 0.113. The zero-order valence-electron chi connectivity index (χ0n) is 18.9. The van der Waals surface area contributed by atoms with Crippen LogP contribution in [-0.4, -0.2) is 26.8 Å². The summed E-state index contributed by atoms with van der Waals surface area (Å²) < 4.78 is 0. The maximum Gasteiger partial charge on any atom is 0.255 e. The Morgan fingerprint density at radius 3 is 2.44 bits per heavy atom. The van der Waals surface area contributed by atoms with Crippen molar-refractivity contribution in [3.05, 3.63) is 90.4 Å². The number of amides is 2. The standard InChI is InChI=1S/C26H24N6O2/c1-3-24(33)29-20-10-7-18(8-11-20)25(34)30-21-9-6-17(2)23(15-21)32-26-28-14-12-22(31-26)19-5-4-13-27-16-19/h4-16H,3H2,1-2H3,(H,29,33)(H,30,34)(H,28,31,32). The predicted octanol–water partition coefficient (Wildman–Crippen LogP) is 5.19. The first kappa shape index (κ1) is 22.6. The van der Waals surface area contributed by atoms with Gasteiger partial charge in [-0.05, 0) is 67.1 Å². The molecule has 2 aromatic carbocycles. The van der Waals surface area contributed by atoms with Crippen LogP contribution in [-0.2, 0) is 4.79 Å². The third kappa shape index (κ3) is 5.60. The minimum absolute atomic E-state index is 0.0770. The molecule has 3 N–H and O–H groups in total. The van der Waals surface area contributed by atoms with Crippen LogP contribution in [0.1, 0.15) is 29.3 Å². The number of nitrogens with one attached hydrogen (secondary N) is 3. The fourth-order valence-corrected chi connectivity index (χ4v) is 3.21. The molecule has 2 aromatic heterocycles. The first-order valence-corrected chi connectivity index (χ1v) is 10.8. The van der Waals surface area contributed by atoms with Gasteiger partial charge in [0, 0.05) is 53.2 Å². The number of nitrogens with zero attached hydrogens (tertiary/aromatic N) is 3. The van der Waals surface area contributed by atoms with Crippen molar-refractivity contribution >= 4 is 34.8 Å². The van der Waals surface area contributed by atoms with Gasteiger partial charge >= 0.3 is 0 Å². The first-order chi connectivity index (χ1) is 16.5. The molecular weight excluding hydrogens is 428 g/mol. The van der Waals surface area contributed by atoms with Crippen LogP contribution < -0.4 is 16.0 Å². The van der Waals surface area contributed by atoms with E-state index in [1.807, 2.05) is 43.3 Å². The Balaban J connectivity index is 1.47. The van der Waals surface area contributed by atoms with E-state index in [4.69, 9.17) is 0 Å². The van der Waals surface area contributed by atoms with Crippen molar-refractivity contribution in [3.8, 4) is 11.3 Å². The molecule has 0 aliphatic carbocycles. The van der Waals surface area contributed by atoms with E-state index < -0.39 is 0 Å². The van der Waals surface area contributed by atoms with Crippen LogP contribution in [0, 0.1) is 6.92 Å². The monoisotopic (exact) mass is 452 g/mol. The zero-order valence-corrected chi connectivity index (χ0v) is 18.9. The lowest BCUT2D eigenvalue weighted by molar-refractivity contribution is -0.115. The lowest BCUT2D eigenvalue weighted by atomic mass is 10.1. The first-order valence-electron chi connectivity index (χ1n) is 10.8. The number of anilines is 4. The quantitative estimate of drug-likeness (QED) is 0.356. The molecule has 2 heterocycles. The molecule has 0 aliphatic heterocycles. The highest BCUT2D eigenvalue weighted by Gasteiger charge is 2.10. The van der Waals surface area contributed by atoms with Crippen LogP contribution in [0.5, 0.6) is 0 Å². The van der Waals surface area contributed by atoms with Crippen molar-refractivity contribution in [2.45, 2.75) is 20.3 Å². The summed E-state index contributed by atoms with van der Waals surface area (Å²) in [6.45, 7) is 3.74. The highest BCUT2D eigenvalue weighted by Crippen LogP contribution is 2.24. The minimum Gasteiger partial charge on any atom is -0.326 e. The lowest BCUT2D eigenvalue weighted by Crippen LogP contribution is -2.13. The summed E-state index contributed by atoms with van der Waals surface area (Å²) in [5.41, 5.74) is 5.17. The fourth-order valence-electron chi connectivity index (χ4n) is 3.21. The van der Waals surface area contributed by atoms with Crippen molar-refractivity contribution in [1.29, 1.82) is 0 Å². The average molecular weight is 453 g/mol. The van der Waals surface area contributed by atoms with Gasteiger partial charge in [0.25, 0.3) is 5.91 Å². The Bertz CT molecular complexity index is 1310. The Labute approximate surface area is 197 Å². The molecule has 0 fully saturated rings. The molecule has 0 unspecified atom stereocenters. The van der Waals surface area contributed by atoms with Gasteiger partial charge in [-0.2, -0.15) is 0 Å². The molecule has 2 amide bonds. The fraction of sp³-hybridized carbons (Fsp3) is 0.115. The van der Waals surface area contributed by atoms with E-state index in [-0.39, 0.29) is 11.8 Å². The van der Waals surface area contributed by atoms with E-state index in [0.717, 1.165) is 22.5 Å². The van der Waals surface area contributed by atoms with Gasteiger partial charge in [0.05, 0.1) is 5.69 Å². The summed E-state index contributed by atoms with van der Waals surface area (Å²) in [6.07, 6.45) is 5.54. The summed E-state index contributed by atoms with van der Waals surface area (Å²) in [5, 5.41) is 8.90. The van der Waals surface area contributed by atoms with Gasteiger partial charge in [-0.15, -0.1) is 0 Å². The van der Waals surface area contributed by atoms with E-state index in [2.05, 4.69) is 30.9 Å². The Kier molecular flexibility index (Phi) is 6.88. The Morgan fingerprint density at radius 2 is 1.71 bits per heavy atom. The molecule has 170 valence electrons. The molecule has 0 radical (unpaired) electrons. The van der Waals surface area contributed by atoms with E-state index in [0.29, 0.717) is 29.3 Å². The second kappa shape index (κ2) is 10.4. The highest BCUT2D eigenvalue weighted by molar-refractivity contribution is 6.05. The van der Waals surface area contributed by atoms with Crippen LogP contribution in [0.15, 0.2) is 79.3 Å². The topological polar surface area (TPSA) is 109 Å². The van der Waals surface area contributed by atoms with Crippen molar-refractivity contribution in [1.82, 2.24) is 15.0 Å². The maximum atomic E-state index is 12.7. The number of hydrogen-bond acceptors (Lipinski definition) is 6. The Morgan fingerprint density at radius 1 is 0.912 bits per heavy atom. The molecular formula is C26H24N6O2. The predicted molar refractivity (Wildman–Crippen MR) is 133 cm³/mol. The smallest absolute Gasteiger partial charge is 0.255 e. The number of carbonyl (C=O) groups is 2. The number of hydrogen-bond donors (Lipinski definition) is 3. The molecule has 34 heavy (non-hydrogen) atoms. The number of rotatable bonds is 7. The number of benzene rings is 2. The van der Waals surface area contributed by atoms with Crippen LogP contribution in [0.25, 0.3) is 11.3 Å². The van der Waals surface area contributed by atoms with E-state index in [1.165, 1.54) is 0 Å². The molecule has 4 aromatic rings. The molecule has 0 atom stereocenters. The summed E-state index contributed by atoms with van der Waals surface area (Å²) in [4.78, 5) is 37.2. The minimum atomic E-state index is -0.252. The largest absolute Gasteiger partial charge is 0.326 e. The van der Waals surface area contributed by atoms with Crippen LogP contribution in [0.2, 0.25) is 0 Å². The normalized spacial score (nSPS) is 10.4. The second-order valence-corrected chi connectivity index (χ2v) is 7.60. The van der Waals surface area contributed by atoms with Gasteiger partial charge in [-0.25, -0.2) is 9.97 Å². The van der Waals surface area contributed by atoms with E-state index in [1.54, 1.807) is 49.8 Å². The summed E-state index contributed by atoms with van der Waals surface area (Å²) >= 11 is 0. The third-order valence-corrected chi connectivity index (χ3v) is 5.11. The van der Waals surface area contributed by atoms with Gasteiger partial charge in [-0.1, -0.05) is 13.0 Å². The van der Waals surface area contributed by atoms with Crippen molar-refractivity contribution in [3.63, 3.8) is 0 Å².